The van der Waals surface area contributed by atoms with Gasteiger partial charge in [-0.05, 0) is 14.1 Å². The quantitative estimate of drug-likeness (QED) is 0.697. The Balaban J connectivity index is 2.38. The van der Waals surface area contributed by atoms with Crippen molar-refractivity contribution in [1.29, 1.82) is 5.26 Å². The van der Waals surface area contributed by atoms with Gasteiger partial charge in [-0.1, -0.05) is 0 Å². The van der Waals surface area contributed by atoms with E-state index in [1.54, 1.807) is 12.5 Å². The van der Waals surface area contributed by atoms with E-state index in [4.69, 9.17) is 5.26 Å². The molecule has 1 aromatic heterocycles. The molecule has 0 spiro atoms. The average Bonchev–Trinajstić information content (AvgIpc) is 2.64. The highest BCUT2D eigenvalue weighted by molar-refractivity contribution is 5.11. The zero-order valence-electron chi connectivity index (χ0n) is 8.49. The number of H-pyrrole nitrogens is 1. The van der Waals surface area contributed by atoms with Crippen molar-refractivity contribution in [2.75, 3.05) is 27.2 Å². The molecular formula is C9H15N5. The maximum Gasteiger partial charge on any atom is 0.137 e. The number of aromatic nitrogens is 2. The Morgan fingerprint density at radius 1 is 1.71 bits per heavy atom. The minimum Gasteiger partial charge on any atom is -0.346 e. The highest BCUT2D eigenvalue weighted by Crippen LogP contribution is 2.05. The second-order valence-electron chi connectivity index (χ2n) is 3.33. The summed E-state index contributed by atoms with van der Waals surface area (Å²) in [6.07, 6.45) is 3.24. The first-order valence-electron chi connectivity index (χ1n) is 4.50. The third-order valence-corrected chi connectivity index (χ3v) is 1.87. The van der Waals surface area contributed by atoms with Crippen LogP contribution < -0.4 is 5.32 Å². The van der Waals surface area contributed by atoms with E-state index in [0.29, 0.717) is 0 Å². The maximum atomic E-state index is 8.89. The molecule has 0 aliphatic heterocycles. The molecule has 2 N–H and O–H groups in total. The fourth-order valence-electron chi connectivity index (χ4n) is 1.08. The second kappa shape index (κ2) is 5.37. The van der Waals surface area contributed by atoms with Gasteiger partial charge in [0.05, 0.1) is 24.3 Å². The summed E-state index contributed by atoms with van der Waals surface area (Å²) in [4.78, 5) is 8.86. The molecule has 1 atom stereocenters. The first kappa shape index (κ1) is 10.7. The Morgan fingerprint density at radius 3 is 3.00 bits per heavy atom. The van der Waals surface area contributed by atoms with Crippen LogP contribution in [0.1, 0.15) is 11.7 Å². The van der Waals surface area contributed by atoms with Crippen molar-refractivity contribution < 1.29 is 0 Å². The summed E-state index contributed by atoms with van der Waals surface area (Å²) in [6, 6.07) is 1.88. The number of imidazole rings is 1. The smallest absolute Gasteiger partial charge is 0.137 e. The van der Waals surface area contributed by atoms with Crippen LogP contribution in [0.3, 0.4) is 0 Å². The van der Waals surface area contributed by atoms with Gasteiger partial charge < -0.3 is 9.88 Å². The van der Waals surface area contributed by atoms with E-state index in [9.17, 15) is 0 Å². The molecule has 1 unspecified atom stereocenters. The fourth-order valence-corrected chi connectivity index (χ4v) is 1.08. The van der Waals surface area contributed by atoms with Crippen molar-refractivity contribution in [3.63, 3.8) is 0 Å². The number of hydrogen-bond acceptors (Lipinski definition) is 4. The predicted molar refractivity (Wildman–Crippen MR) is 53.5 cm³/mol. The number of likely N-dealkylation sites (N-methyl/N-ethyl adjacent to an activating group) is 1. The minimum atomic E-state index is -0.294. The second-order valence-corrected chi connectivity index (χ2v) is 3.33. The molecule has 0 radical (unpaired) electrons. The molecule has 1 aromatic rings. The van der Waals surface area contributed by atoms with Crippen molar-refractivity contribution in [3.8, 4) is 6.07 Å². The Hall–Kier alpha value is -1.38. The molecule has 0 amide bonds. The summed E-state index contributed by atoms with van der Waals surface area (Å²) < 4.78 is 0. The Bertz CT molecular complexity index is 285. The molecule has 1 heterocycles. The molecule has 0 aliphatic rings. The van der Waals surface area contributed by atoms with Crippen LogP contribution in [-0.2, 0) is 0 Å². The van der Waals surface area contributed by atoms with Crippen molar-refractivity contribution >= 4 is 0 Å². The van der Waals surface area contributed by atoms with Crippen molar-refractivity contribution in [3.05, 3.63) is 18.2 Å². The topological polar surface area (TPSA) is 67.7 Å². The lowest BCUT2D eigenvalue weighted by Gasteiger charge is -2.12. The van der Waals surface area contributed by atoms with Crippen molar-refractivity contribution in [1.82, 2.24) is 20.2 Å². The molecule has 0 aromatic carbocycles. The molecule has 0 saturated carbocycles. The van der Waals surface area contributed by atoms with Gasteiger partial charge in [0.15, 0.2) is 0 Å². The number of rotatable bonds is 5. The van der Waals surface area contributed by atoms with Crippen LogP contribution in [0.5, 0.6) is 0 Å². The van der Waals surface area contributed by atoms with Gasteiger partial charge in [-0.2, -0.15) is 5.26 Å². The van der Waals surface area contributed by atoms with E-state index >= 15 is 0 Å². The summed E-state index contributed by atoms with van der Waals surface area (Å²) in [5.41, 5.74) is 0.811. The zero-order chi connectivity index (χ0) is 10.4. The van der Waals surface area contributed by atoms with Crippen LogP contribution in [-0.4, -0.2) is 42.1 Å². The van der Waals surface area contributed by atoms with Crippen LogP contribution in [0.2, 0.25) is 0 Å². The molecule has 76 valence electrons. The number of nitrogens with one attached hydrogen (secondary N) is 2. The predicted octanol–water partition coefficient (Wildman–Crippen LogP) is 0.126. The van der Waals surface area contributed by atoms with Crippen LogP contribution in [0, 0.1) is 11.3 Å². The standard InChI is InChI=1S/C9H15N5/c1-14(2)4-3-12-8(5-10)9-6-11-7-13-9/h6-8,12H,3-4H2,1-2H3,(H,11,13). The number of aromatic amines is 1. The Morgan fingerprint density at radius 2 is 2.50 bits per heavy atom. The van der Waals surface area contributed by atoms with Gasteiger partial charge in [0.25, 0.3) is 0 Å². The molecular weight excluding hydrogens is 178 g/mol. The third-order valence-electron chi connectivity index (χ3n) is 1.87. The summed E-state index contributed by atoms with van der Waals surface area (Å²) in [5.74, 6) is 0. The minimum absolute atomic E-state index is 0.294. The third kappa shape index (κ3) is 3.17. The van der Waals surface area contributed by atoms with Crippen LogP contribution >= 0.6 is 0 Å². The van der Waals surface area contributed by atoms with Gasteiger partial charge in [-0.3, -0.25) is 5.32 Å². The maximum absolute atomic E-state index is 8.89. The number of nitrogens with zero attached hydrogens (tertiary/aromatic N) is 3. The SMILES string of the molecule is CN(C)CCNC(C#N)c1cnc[nH]1. The molecule has 14 heavy (non-hydrogen) atoms. The summed E-state index contributed by atoms with van der Waals surface area (Å²) in [7, 11) is 4.00. The van der Waals surface area contributed by atoms with E-state index in [2.05, 4.69) is 26.3 Å². The molecule has 0 aliphatic carbocycles. The number of hydrogen-bond donors (Lipinski definition) is 2. The van der Waals surface area contributed by atoms with Crippen molar-refractivity contribution in [2.24, 2.45) is 0 Å². The van der Waals surface area contributed by atoms with E-state index in [-0.39, 0.29) is 6.04 Å². The van der Waals surface area contributed by atoms with Gasteiger partial charge in [-0.15, -0.1) is 0 Å². The first-order chi connectivity index (χ1) is 6.74. The summed E-state index contributed by atoms with van der Waals surface area (Å²) in [6.45, 7) is 1.69. The van der Waals surface area contributed by atoms with Gasteiger partial charge >= 0.3 is 0 Å². The molecule has 0 bridgehead atoms. The normalized spacial score (nSPS) is 12.7. The largest absolute Gasteiger partial charge is 0.346 e. The van der Waals surface area contributed by atoms with E-state index in [1.807, 2.05) is 14.1 Å². The van der Waals surface area contributed by atoms with Gasteiger partial charge in [-0.25, -0.2) is 4.98 Å². The lowest BCUT2D eigenvalue weighted by atomic mass is 10.2. The van der Waals surface area contributed by atoms with Gasteiger partial charge in [0.1, 0.15) is 6.04 Å². The zero-order valence-corrected chi connectivity index (χ0v) is 8.49. The fraction of sp³-hybridized carbons (Fsp3) is 0.556. The highest BCUT2D eigenvalue weighted by atomic mass is 15.1. The van der Waals surface area contributed by atoms with E-state index < -0.39 is 0 Å². The first-order valence-corrected chi connectivity index (χ1v) is 4.50. The lowest BCUT2D eigenvalue weighted by molar-refractivity contribution is 0.394. The highest BCUT2D eigenvalue weighted by Gasteiger charge is 2.09. The summed E-state index contributed by atoms with van der Waals surface area (Å²) in [5, 5.41) is 12.0. The van der Waals surface area contributed by atoms with Crippen molar-refractivity contribution in [2.45, 2.75) is 6.04 Å². The van der Waals surface area contributed by atoms with Gasteiger partial charge in [0, 0.05) is 13.1 Å². The van der Waals surface area contributed by atoms with E-state index in [0.717, 1.165) is 18.8 Å². The number of nitriles is 1. The molecule has 5 heteroatoms. The molecule has 0 saturated heterocycles. The summed E-state index contributed by atoms with van der Waals surface area (Å²) >= 11 is 0. The average molecular weight is 193 g/mol. The Labute approximate surface area is 83.8 Å². The van der Waals surface area contributed by atoms with Gasteiger partial charge in [0.2, 0.25) is 0 Å². The van der Waals surface area contributed by atoms with Crippen LogP contribution in [0.15, 0.2) is 12.5 Å². The molecule has 1 rings (SSSR count). The van der Waals surface area contributed by atoms with E-state index in [1.165, 1.54) is 0 Å². The monoisotopic (exact) mass is 193 g/mol. The lowest BCUT2D eigenvalue weighted by Crippen LogP contribution is -2.29. The Kier molecular flexibility index (Phi) is 4.11. The van der Waals surface area contributed by atoms with Crippen LogP contribution in [0.25, 0.3) is 0 Å². The van der Waals surface area contributed by atoms with Crippen LogP contribution in [0.4, 0.5) is 0 Å². The molecule has 0 fully saturated rings. The molecule has 5 nitrogen and oxygen atoms in total.